The van der Waals surface area contributed by atoms with Crippen LogP contribution in [0.5, 0.6) is 0 Å². The number of ether oxygens (including phenoxy) is 1. The standard InChI is InChI=1S/C24H22Cl2N2O5S/c1-3-33-24(30)20-11-10-18(14-21(20)26)27-23(29)15-28(22-12-9-17(25)13-16(22)2)34(31,32)19-7-5-4-6-8-19/h4-14H,3,15H2,1-2H3,(H,27,29). The maximum Gasteiger partial charge on any atom is 0.339 e. The molecule has 0 saturated heterocycles. The van der Waals surface area contributed by atoms with Crippen LogP contribution in [0.3, 0.4) is 0 Å². The first-order chi connectivity index (χ1) is 16.1. The summed E-state index contributed by atoms with van der Waals surface area (Å²) in [5, 5.41) is 3.17. The summed E-state index contributed by atoms with van der Waals surface area (Å²) in [7, 11) is -4.07. The van der Waals surface area contributed by atoms with E-state index in [1.54, 1.807) is 50.2 Å². The highest BCUT2D eigenvalue weighted by molar-refractivity contribution is 7.92. The summed E-state index contributed by atoms with van der Waals surface area (Å²) in [5.74, 6) is -1.18. The Bertz CT molecular complexity index is 1310. The summed E-state index contributed by atoms with van der Waals surface area (Å²) >= 11 is 12.2. The number of benzene rings is 3. The average molecular weight is 521 g/mol. The third-order valence-corrected chi connectivity index (χ3v) is 7.12. The lowest BCUT2D eigenvalue weighted by atomic mass is 10.2. The minimum atomic E-state index is -4.07. The Morgan fingerprint density at radius 2 is 1.71 bits per heavy atom. The van der Waals surface area contributed by atoms with Gasteiger partial charge in [0.1, 0.15) is 6.54 Å². The van der Waals surface area contributed by atoms with Gasteiger partial charge in [-0.3, -0.25) is 9.10 Å². The number of carbonyl (C=O) groups is 2. The quantitative estimate of drug-likeness (QED) is 0.406. The molecule has 3 rings (SSSR count). The van der Waals surface area contributed by atoms with Gasteiger partial charge in [0.05, 0.1) is 27.8 Å². The molecule has 0 aliphatic carbocycles. The molecule has 1 N–H and O–H groups in total. The SMILES string of the molecule is CCOC(=O)c1ccc(NC(=O)CN(c2ccc(Cl)cc2C)S(=O)(=O)c2ccccc2)cc1Cl. The van der Waals surface area contributed by atoms with E-state index in [0.29, 0.717) is 22.0 Å². The molecule has 0 aliphatic rings. The molecule has 178 valence electrons. The van der Waals surface area contributed by atoms with Crippen molar-refractivity contribution in [2.24, 2.45) is 0 Å². The highest BCUT2D eigenvalue weighted by Gasteiger charge is 2.28. The van der Waals surface area contributed by atoms with E-state index in [0.717, 1.165) is 4.31 Å². The summed E-state index contributed by atoms with van der Waals surface area (Å²) < 4.78 is 32.8. The van der Waals surface area contributed by atoms with E-state index in [-0.39, 0.29) is 22.1 Å². The van der Waals surface area contributed by atoms with Gasteiger partial charge in [-0.05, 0) is 67.9 Å². The van der Waals surface area contributed by atoms with Gasteiger partial charge >= 0.3 is 5.97 Å². The number of anilines is 2. The molecule has 3 aromatic rings. The average Bonchev–Trinajstić information content (AvgIpc) is 2.78. The molecule has 10 heteroatoms. The first-order valence-corrected chi connectivity index (χ1v) is 12.4. The number of rotatable bonds is 8. The number of halogens is 2. The molecule has 0 saturated carbocycles. The molecule has 0 spiro atoms. The summed E-state index contributed by atoms with van der Waals surface area (Å²) in [6.45, 7) is 3.08. The predicted molar refractivity (Wildman–Crippen MR) is 133 cm³/mol. The van der Waals surface area contributed by atoms with Crippen LogP contribution < -0.4 is 9.62 Å². The molecule has 3 aromatic carbocycles. The minimum absolute atomic E-state index is 0.0407. The number of hydrogen-bond donors (Lipinski definition) is 1. The Balaban J connectivity index is 1.90. The molecular weight excluding hydrogens is 499 g/mol. The van der Waals surface area contributed by atoms with E-state index >= 15 is 0 Å². The lowest BCUT2D eigenvalue weighted by Crippen LogP contribution is -2.38. The molecule has 0 bridgehead atoms. The van der Waals surface area contributed by atoms with E-state index < -0.39 is 28.4 Å². The number of aryl methyl sites for hydroxylation is 1. The smallest absolute Gasteiger partial charge is 0.339 e. The number of sulfonamides is 1. The van der Waals surface area contributed by atoms with Crippen molar-refractivity contribution < 1.29 is 22.7 Å². The van der Waals surface area contributed by atoms with Crippen molar-refractivity contribution in [2.45, 2.75) is 18.7 Å². The van der Waals surface area contributed by atoms with E-state index in [1.807, 2.05) is 0 Å². The highest BCUT2D eigenvalue weighted by atomic mass is 35.5. The second-order valence-corrected chi connectivity index (χ2v) is 9.92. The summed E-state index contributed by atoms with van der Waals surface area (Å²) in [5.41, 5.74) is 1.36. The van der Waals surface area contributed by atoms with Gasteiger partial charge in [0.25, 0.3) is 10.0 Å². The van der Waals surface area contributed by atoms with Crippen LogP contribution in [0.2, 0.25) is 10.0 Å². The summed E-state index contributed by atoms with van der Waals surface area (Å²) in [4.78, 5) is 24.9. The molecule has 0 radical (unpaired) electrons. The van der Waals surface area contributed by atoms with Crippen LogP contribution in [-0.4, -0.2) is 33.4 Å². The van der Waals surface area contributed by atoms with Gasteiger partial charge < -0.3 is 10.1 Å². The zero-order valence-electron chi connectivity index (χ0n) is 18.4. The lowest BCUT2D eigenvalue weighted by Gasteiger charge is -2.25. The van der Waals surface area contributed by atoms with E-state index in [9.17, 15) is 18.0 Å². The molecular formula is C24H22Cl2N2O5S. The molecule has 0 atom stereocenters. The number of nitrogens with one attached hydrogen (secondary N) is 1. The van der Waals surface area contributed by atoms with Gasteiger partial charge in [-0.2, -0.15) is 0 Å². The predicted octanol–water partition coefficient (Wildman–Crippen LogP) is 5.31. The van der Waals surface area contributed by atoms with Crippen LogP contribution >= 0.6 is 23.2 Å². The monoisotopic (exact) mass is 520 g/mol. The fourth-order valence-electron chi connectivity index (χ4n) is 3.22. The van der Waals surface area contributed by atoms with Gasteiger partial charge in [-0.15, -0.1) is 0 Å². The largest absolute Gasteiger partial charge is 0.462 e. The number of hydrogen-bond acceptors (Lipinski definition) is 5. The summed E-state index contributed by atoms with van der Waals surface area (Å²) in [6.07, 6.45) is 0. The van der Waals surface area contributed by atoms with Crippen LogP contribution in [0.4, 0.5) is 11.4 Å². The Hall–Kier alpha value is -3.07. The van der Waals surface area contributed by atoms with Crippen LogP contribution in [0.1, 0.15) is 22.8 Å². The fourth-order valence-corrected chi connectivity index (χ4v) is 5.21. The van der Waals surface area contributed by atoms with Crippen molar-refractivity contribution in [3.05, 3.63) is 87.9 Å². The Kier molecular flexibility index (Phi) is 8.19. The van der Waals surface area contributed by atoms with Crippen LogP contribution in [0.15, 0.2) is 71.6 Å². The van der Waals surface area contributed by atoms with Crippen LogP contribution in [-0.2, 0) is 19.6 Å². The van der Waals surface area contributed by atoms with Crippen LogP contribution in [0.25, 0.3) is 0 Å². The molecule has 34 heavy (non-hydrogen) atoms. The van der Waals surface area contributed by atoms with Crippen molar-refractivity contribution >= 4 is 56.5 Å². The zero-order chi connectivity index (χ0) is 24.9. The van der Waals surface area contributed by atoms with E-state index in [4.69, 9.17) is 27.9 Å². The highest BCUT2D eigenvalue weighted by Crippen LogP contribution is 2.29. The number of amides is 1. The van der Waals surface area contributed by atoms with Crippen molar-refractivity contribution in [2.75, 3.05) is 22.8 Å². The molecule has 0 fully saturated rings. The van der Waals surface area contributed by atoms with Gasteiger partial charge in [0.15, 0.2) is 0 Å². The van der Waals surface area contributed by atoms with Gasteiger partial charge in [0, 0.05) is 10.7 Å². The maximum absolute atomic E-state index is 13.4. The van der Waals surface area contributed by atoms with Crippen molar-refractivity contribution in [1.82, 2.24) is 0 Å². The number of nitrogens with zero attached hydrogens (tertiary/aromatic N) is 1. The van der Waals surface area contributed by atoms with E-state index in [1.165, 1.54) is 30.3 Å². The van der Waals surface area contributed by atoms with Gasteiger partial charge in [0.2, 0.25) is 5.91 Å². The lowest BCUT2D eigenvalue weighted by molar-refractivity contribution is -0.114. The molecule has 0 aliphatic heterocycles. The summed E-state index contributed by atoms with van der Waals surface area (Å²) in [6, 6.07) is 16.9. The Morgan fingerprint density at radius 1 is 1.00 bits per heavy atom. The molecule has 0 aromatic heterocycles. The normalized spacial score (nSPS) is 11.1. The van der Waals surface area contributed by atoms with Crippen molar-refractivity contribution in [3.8, 4) is 0 Å². The second kappa shape index (κ2) is 10.9. The van der Waals surface area contributed by atoms with Crippen LogP contribution in [0, 0.1) is 6.92 Å². The van der Waals surface area contributed by atoms with Crippen molar-refractivity contribution in [1.29, 1.82) is 0 Å². The molecule has 0 unspecified atom stereocenters. The molecule has 7 nitrogen and oxygen atoms in total. The molecule has 0 heterocycles. The van der Waals surface area contributed by atoms with Gasteiger partial charge in [-0.1, -0.05) is 41.4 Å². The van der Waals surface area contributed by atoms with E-state index in [2.05, 4.69) is 5.32 Å². The third kappa shape index (κ3) is 5.88. The number of carbonyl (C=O) groups excluding carboxylic acids is 2. The maximum atomic E-state index is 13.4. The van der Waals surface area contributed by atoms with Crippen molar-refractivity contribution in [3.63, 3.8) is 0 Å². The second-order valence-electron chi connectivity index (χ2n) is 7.22. The third-order valence-electron chi connectivity index (χ3n) is 4.79. The fraction of sp³-hybridized carbons (Fsp3) is 0.167. The molecule has 1 amide bonds. The Morgan fingerprint density at radius 3 is 2.32 bits per heavy atom. The Labute approximate surface area is 208 Å². The first-order valence-electron chi connectivity index (χ1n) is 10.2. The topological polar surface area (TPSA) is 92.8 Å². The first kappa shape index (κ1) is 25.6. The van der Waals surface area contributed by atoms with Gasteiger partial charge in [-0.25, -0.2) is 13.2 Å². The minimum Gasteiger partial charge on any atom is -0.462 e. The number of esters is 1. The zero-order valence-corrected chi connectivity index (χ0v) is 20.7.